The largest absolute Gasteiger partial charge is 0.378 e. The smallest absolute Gasteiger partial charge is 0.106 e. The average Bonchev–Trinajstić information content (AvgIpc) is 2.41. The van der Waals surface area contributed by atoms with Crippen LogP contribution in [-0.4, -0.2) is 25.3 Å². The van der Waals surface area contributed by atoms with Crippen LogP contribution in [0.1, 0.15) is 58.3 Å². The first-order chi connectivity index (χ1) is 8.26. The van der Waals surface area contributed by atoms with Crippen molar-refractivity contribution in [2.24, 2.45) is 0 Å². The fourth-order valence-corrected chi connectivity index (χ4v) is 2.53. The highest BCUT2D eigenvalue weighted by atomic mass is 16.5. The van der Waals surface area contributed by atoms with E-state index in [1.807, 2.05) is 7.05 Å². The number of nitrogens with one attached hydrogen (secondary N) is 1. The van der Waals surface area contributed by atoms with Crippen LogP contribution < -0.4 is 5.32 Å². The Labute approximate surface area is 106 Å². The van der Waals surface area contributed by atoms with Crippen LogP contribution in [-0.2, 0) is 4.74 Å². The molecule has 98 valence electrons. The molecule has 1 unspecified atom stereocenters. The topological polar surface area (TPSA) is 45.0 Å². The van der Waals surface area contributed by atoms with E-state index in [-0.39, 0.29) is 5.54 Å². The zero-order valence-corrected chi connectivity index (χ0v) is 11.3. The van der Waals surface area contributed by atoms with Crippen molar-refractivity contribution in [3.05, 3.63) is 0 Å². The van der Waals surface area contributed by atoms with Gasteiger partial charge in [0.1, 0.15) is 5.54 Å². The van der Waals surface area contributed by atoms with Crippen LogP contribution in [0.3, 0.4) is 0 Å². The van der Waals surface area contributed by atoms with E-state index in [1.54, 1.807) is 0 Å². The van der Waals surface area contributed by atoms with E-state index in [0.717, 1.165) is 25.9 Å². The molecule has 0 aromatic carbocycles. The first-order valence-electron chi connectivity index (χ1n) is 6.98. The number of nitriles is 1. The molecule has 1 saturated carbocycles. The maximum Gasteiger partial charge on any atom is 0.106 e. The SMILES string of the molecule is CCC(C#N)(CCCOC1CCCCC1)NC. The molecule has 1 fully saturated rings. The van der Waals surface area contributed by atoms with Gasteiger partial charge < -0.3 is 10.1 Å². The third-order valence-electron chi connectivity index (χ3n) is 3.95. The molecular weight excluding hydrogens is 212 g/mol. The Morgan fingerprint density at radius 3 is 2.59 bits per heavy atom. The molecule has 1 rings (SSSR count). The van der Waals surface area contributed by atoms with E-state index >= 15 is 0 Å². The van der Waals surface area contributed by atoms with Gasteiger partial charge in [0.25, 0.3) is 0 Å². The van der Waals surface area contributed by atoms with E-state index in [2.05, 4.69) is 18.3 Å². The maximum absolute atomic E-state index is 9.17. The van der Waals surface area contributed by atoms with Gasteiger partial charge in [-0.3, -0.25) is 0 Å². The molecule has 0 aromatic heterocycles. The van der Waals surface area contributed by atoms with Crippen LogP contribution in [0.2, 0.25) is 0 Å². The number of hydrogen-bond donors (Lipinski definition) is 1. The van der Waals surface area contributed by atoms with E-state index in [0.29, 0.717) is 6.10 Å². The molecule has 0 saturated heterocycles. The van der Waals surface area contributed by atoms with Crippen LogP contribution >= 0.6 is 0 Å². The summed E-state index contributed by atoms with van der Waals surface area (Å²) >= 11 is 0. The van der Waals surface area contributed by atoms with Gasteiger partial charge >= 0.3 is 0 Å². The zero-order valence-electron chi connectivity index (χ0n) is 11.3. The van der Waals surface area contributed by atoms with Crippen molar-refractivity contribution < 1.29 is 4.74 Å². The lowest BCUT2D eigenvalue weighted by Gasteiger charge is -2.26. The molecule has 1 N–H and O–H groups in total. The van der Waals surface area contributed by atoms with Crippen molar-refractivity contribution in [3.8, 4) is 6.07 Å². The Hall–Kier alpha value is -0.590. The van der Waals surface area contributed by atoms with Gasteiger partial charge in [-0.05, 0) is 39.2 Å². The van der Waals surface area contributed by atoms with Crippen molar-refractivity contribution in [2.75, 3.05) is 13.7 Å². The summed E-state index contributed by atoms with van der Waals surface area (Å²) in [6.45, 7) is 2.86. The lowest BCUT2D eigenvalue weighted by Crippen LogP contribution is -2.41. The first kappa shape index (κ1) is 14.5. The molecule has 0 spiro atoms. The van der Waals surface area contributed by atoms with Gasteiger partial charge in [0.2, 0.25) is 0 Å². The number of ether oxygens (including phenoxy) is 1. The molecule has 0 heterocycles. The normalized spacial score (nSPS) is 20.8. The van der Waals surface area contributed by atoms with E-state index in [9.17, 15) is 5.26 Å². The summed E-state index contributed by atoms with van der Waals surface area (Å²) in [5.74, 6) is 0. The van der Waals surface area contributed by atoms with Crippen molar-refractivity contribution in [3.63, 3.8) is 0 Å². The van der Waals surface area contributed by atoms with Gasteiger partial charge in [-0.1, -0.05) is 26.2 Å². The van der Waals surface area contributed by atoms with Gasteiger partial charge in [0.15, 0.2) is 0 Å². The molecule has 3 heteroatoms. The quantitative estimate of drug-likeness (QED) is 0.693. The minimum absolute atomic E-state index is 0.351. The molecule has 1 atom stereocenters. The Morgan fingerprint density at radius 1 is 1.35 bits per heavy atom. The van der Waals surface area contributed by atoms with E-state index in [1.165, 1.54) is 32.1 Å². The van der Waals surface area contributed by atoms with Gasteiger partial charge in [-0.15, -0.1) is 0 Å². The summed E-state index contributed by atoms with van der Waals surface area (Å²) in [6.07, 6.45) is 9.64. The summed E-state index contributed by atoms with van der Waals surface area (Å²) < 4.78 is 5.87. The Morgan fingerprint density at radius 2 is 2.06 bits per heavy atom. The van der Waals surface area contributed by atoms with E-state index < -0.39 is 0 Å². The Balaban J connectivity index is 2.16. The number of hydrogen-bond acceptors (Lipinski definition) is 3. The molecule has 0 amide bonds. The Bertz CT molecular complexity index is 237. The average molecular weight is 238 g/mol. The maximum atomic E-state index is 9.17. The van der Waals surface area contributed by atoms with Gasteiger partial charge in [0, 0.05) is 6.61 Å². The van der Waals surface area contributed by atoms with Crippen molar-refractivity contribution in [1.29, 1.82) is 5.26 Å². The molecule has 17 heavy (non-hydrogen) atoms. The highest BCUT2D eigenvalue weighted by Gasteiger charge is 2.25. The number of rotatable bonds is 7. The highest BCUT2D eigenvalue weighted by Crippen LogP contribution is 2.21. The molecular formula is C14H26N2O. The molecule has 0 aliphatic heterocycles. The molecule has 0 aromatic rings. The van der Waals surface area contributed by atoms with Crippen molar-refractivity contribution in [1.82, 2.24) is 5.32 Å². The summed E-state index contributed by atoms with van der Waals surface area (Å²) in [6, 6.07) is 2.39. The lowest BCUT2D eigenvalue weighted by atomic mass is 9.92. The van der Waals surface area contributed by atoms with Crippen LogP contribution in [0.5, 0.6) is 0 Å². The van der Waals surface area contributed by atoms with Crippen molar-refractivity contribution >= 4 is 0 Å². The van der Waals surface area contributed by atoms with Crippen LogP contribution in [0, 0.1) is 11.3 Å². The van der Waals surface area contributed by atoms with Gasteiger partial charge in [-0.25, -0.2) is 0 Å². The fourth-order valence-electron chi connectivity index (χ4n) is 2.53. The predicted octanol–water partition coefficient (Wildman–Crippen LogP) is 3.01. The molecule has 1 aliphatic rings. The second-order valence-corrected chi connectivity index (χ2v) is 5.03. The Kier molecular flexibility index (Phi) is 6.54. The summed E-state index contributed by atoms with van der Waals surface area (Å²) in [5.41, 5.74) is -0.351. The molecule has 1 aliphatic carbocycles. The molecule has 3 nitrogen and oxygen atoms in total. The summed E-state index contributed by atoms with van der Waals surface area (Å²) in [4.78, 5) is 0. The summed E-state index contributed by atoms with van der Waals surface area (Å²) in [7, 11) is 1.87. The lowest BCUT2D eigenvalue weighted by molar-refractivity contribution is 0.0246. The third-order valence-corrected chi connectivity index (χ3v) is 3.95. The minimum Gasteiger partial charge on any atom is -0.378 e. The van der Waals surface area contributed by atoms with Crippen LogP contribution in [0.4, 0.5) is 0 Å². The second kappa shape index (κ2) is 7.68. The monoisotopic (exact) mass is 238 g/mol. The minimum atomic E-state index is -0.351. The van der Waals surface area contributed by atoms with Crippen LogP contribution in [0.15, 0.2) is 0 Å². The molecule has 0 radical (unpaired) electrons. The standard InChI is InChI=1S/C14H26N2O/c1-3-14(12-15,16-2)10-7-11-17-13-8-5-4-6-9-13/h13,16H,3-11H2,1-2H3. The van der Waals surface area contributed by atoms with Gasteiger partial charge in [-0.2, -0.15) is 5.26 Å². The first-order valence-corrected chi connectivity index (χ1v) is 6.98. The van der Waals surface area contributed by atoms with Crippen LogP contribution in [0.25, 0.3) is 0 Å². The zero-order chi connectivity index (χ0) is 12.6. The van der Waals surface area contributed by atoms with Gasteiger partial charge in [0.05, 0.1) is 12.2 Å². The number of nitrogens with zero attached hydrogens (tertiary/aromatic N) is 1. The van der Waals surface area contributed by atoms with E-state index in [4.69, 9.17) is 4.74 Å². The fraction of sp³-hybridized carbons (Fsp3) is 0.929. The highest BCUT2D eigenvalue weighted by molar-refractivity contribution is 5.05. The third kappa shape index (κ3) is 4.65. The van der Waals surface area contributed by atoms with Crippen molar-refractivity contribution in [2.45, 2.75) is 69.9 Å². The summed E-state index contributed by atoms with van der Waals surface area (Å²) in [5, 5.41) is 12.3. The predicted molar refractivity (Wildman–Crippen MR) is 69.8 cm³/mol. The second-order valence-electron chi connectivity index (χ2n) is 5.03. The molecule has 0 bridgehead atoms.